The third kappa shape index (κ3) is 5.60. The Balaban J connectivity index is 1.70. The van der Waals surface area contributed by atoms with Crippen LogP contribution in [0.2, 0.25) is 5.02 Å². The van der Waals surface area contributed by atoms with E-state index in [1.807, 2.05) is 12.1 Å². The van der Waals surface area contributed by atoms with Crippen LogP contribution in [0.4, 0.5) is 5.69 Å². The van der Waals surface area contributed by atoms with Crippen molar-refractivity contribution < 1.29 is 14.5 Å². The molecule has 2 aromatic rings. The van der Waals surface area contributed by atoms with Crippen LogP contribution in [0.3, 0.4) is 0 Å². The van der Waals surface area contributed by atoms with Gasteiger partial charge in [-0.2, -0.15) is 0 Å². The van der Waals surface area contributed by atoms with Gasteiger partial charge in [0.2, 0.25) is 0 Å². The fraction of sp³-hybridized carbons (Fsp3) is 0.188. The van der Waals surface area contributed by atoms with Crippen molar-refractivity contribution in [2.45, 2.75) is 6.42 Å². The predicted octanol–water partition coefficient (Wildman–Crippen LogP) is 2.99. The number of amides is 1. The van der Waals surface area contributed by atoms with Gasteiger partial charge < -0.3 is 10.1 Å². The summed E-state index contributed by atoms with van der Waals surface area (Å²) in [6, 6.07) is 13.0. The summed E-state index contributed by atoms with van der Waals surface area (Å²) in [4.78, 5) is 21.7. The van der Waals surface area contributed by atoms with Crippen LogP contribution in [0.25, 0.3) is 0 Å². The van der Waals surface area contributed by atoms with E-state index in [4.69, 9.17) is 16.3 Å². The molecule has 0 spiro atoms. The van der Waals surface area contributed by atoms with Crippen molar-refractivity contribution >= 4 is 23.2 Å². The van der Waals surface area contributed by atoms with Crippen molar-refractivity contribution in [3.8, 4) is 5.75 Å². The Morgan fingerprint density at radius 3 is 2.39 bits per heavy atom. The van der Waals surface area contributed by atoms with Crippen molar-refractivity contribution in [1.29, 1.82) is 0 Å². The van der Waals surface area contributed by atoms with E-state index in [1.165, 1.54) is 24.3 Å². The van der Waals surface area contributed by atoms with E-state index in [0.29, 0.717) is 23.7 Å². The largest absolute Gasteiger partial charge is 0.484 e. The zero-order valence-electron chi connectivity index (χ0n) is 12.2. The molecule has 0 saturated carbocycles. The SMILES string of the molecule is O=C(COc1ccc([N+](=O)[O-])cc1)NCCc1ccc(Cl)cc1. The molecular formula is C16H15ClN2O4. The molecule has 0 aliphatic heterocycles. The number of nitrogens with zero attached hydrogens (tertiary/aromatic N) is 1. The number of nitrogens with one attached hydrogen (secondary N) is 1. The third-order valence-electron chi connectivity index (χ3n) is 3.07. The summed E-state index contributed by atoms with van der Waals surface area (Å²) in [7, 11) is 0. The van der Waals surface area contributed by atoms with Gasteiger partial charge in [-0.3, -0.25) is 14.9 Å². The van der Waals surface area contributed by atoms with Gasteiger partial charge >= 0.3 is 0 Å². The molecule has 0 heterocycles. The predicted molar refractivity (Wildman–Crippen MR) is 86.8 cm³/mol. The highest BCUT2D eigenvalue weighted by molar-refractivity contribution is 6.30. The molecule has 0 aromatic heterocycles. The fourth-order valence-electron chi connectivity index (χ4n) is 1.86. The van der Waals surface area contributed by atoms with Gasteiger partial charge in [-0.25, -0.2) is 0 Å². The van der Waals surface area contributed by atoms with Gasteiger partial charge in [-0.15, -0.1) is 0 Å². The number of hydrogen-bond acceptors (Lipinski definition) is 4. The maximum atomic E-state index is 11.7. The van der Waals surface area contributed by atoms with E-state index < -0.39 is 4.92 Å². The minimum absolute atomic E-state index is 0.0234. The fourth-order valence-corrected chi connectivity index (χ4v) is 1.99. The van der Waals surface area contributed by atoms with Crippen LogP contribution < -0.4 is 10.1 Å². The first kappa shape index (κ1) is 16.8. The number of halogens is 1. The van der Waals surface area contributed by atoms with Crippen molar-refractivity contribution in [1.82, 2.24) is 5.32 Å². The monoisotopic (exact) mass is 334 g/mol. The lowest BCUT2D eigenvalue weighted by atomic mass is 10.1. The van der Waals surface area contributed by atoms with Gasteiger partial charge in [-0.05, 0) is 36.2 Å². The Labute approximate surface area is 138 Å². The molecule has 1 amide bonds. The van der Waals surface area contributed by atoms with E-state index in [-0.39, 0.29) is 18.2 Å². The molecule has 0 aliphatic carbocycles. The lowest BCUT2D eigenvalue weighted by molar-refractivity contribution is -0.384. The van der Waals surface area contributed by atoms with Crippen LogP contribution in [-0.2, 0) is 11.2 Å². The first-order valence-electron chi connectivity index (χ1n) is 6.93. The summed E-state index contributed by atoms with van der Waals surface area (Å²) in [5, 5.41) is 13.9. The first-order valence-corrected chi connectivity index (χ1v) is 7.31. The minimum atomic E-state index is -0.493. The number of rotatable bonds is 7. The smallest absolute Gasteiger partial charge is 0.269 e. The summed E-state index contributed by atoms with van der Waals surface area (Å²) in [5.41, 5.74) is 1.05. The minimum Gasteiger partial charge on any atom is -0.484 e. The topological polar surface area (TPSA) is 81.5 Å². The number of nitro benzene ring substituents is 1. The highest BCUT2D eigenvalue weighted by Crippen LogP contribution is 2.17. The Kier molecular flexibility index (Phi) is 5.94. The number of non-ortho nitro benzene ring substituents is 1. The van der Waals surface area contributed by atoms with Crippen LogP contribution in [0.5, 0.6) is 5.75 Å². The number of carbonyl (C=O) groups is 1. The van der Waals surface area contributed by atoms with Crippen LogP contribution in [-0.4, -0.2) is 24.0 Å². The van der Waals surface area contributed by atoms with Gasteiger partial charge in [0, 0.05) is 23.7 Å². The number of nitro groups is 1. The summed E-state index contributed by atoms with van der Waals surface area (Å²) in [5.74, 6) is 0.153. The maximum absolute atomic E-state index is 11.7. The summed E-state index contributed by atoms with van der Waals surface area (Å²) in [6.07, 6.45) is 0.695. The van der Waals surface area contributed by atoms with E-state index in [2.05, 4.69) is 5.32 Å². The molecule has 0 unspecified atom stereocenters. The third-order valence-corrected chi connectivity index (χ3v) is 3.32. The van der Waals surface area contributed by atoms with Crippen LogP contribution >= 0.6 is 11.6 Å². The molecule has 120 valence electrons. The van der Waals surface area contributed by atoms with Crippen LogP contribution in [0.15, 0.2) is 48.5 Å². The van der Waals surface area contributed by atoms with Gasteiger partial charge in [0.25, 0.3) is 11.6 Å². The lowest BCUT2D eigenvalue weighted by Crippen LogP contribution is -2.30. The second-order valence-electron chi connectivity index (χ2n) is 4.77. The maximum Gasteiger partial charge on any atom is 0.269 e. The highest BCUT2D eigenvalue weighted by atomic mass is 35.5. The second kappa shape index (κ2) is 8.14. The van der Waals surface area contributed by atoms with Gasteiger partial charge in [0.15, 0.2) is 6.61 Å². The quantitative estimate of drug-likeness (QED) is 0.623. The molecule has 0 saturated heterocycles. The summed E-state index contributed by atoms with van der Waals surface area (Å²) in [6.45, 7) is 0.350. The number of benzene rings is 2. The molecular weight excluding hydrogens is 320 g/mol. The lowest BCUT2D eigenvalue weighted by Gasteiger charge is -2.07. The van der Waals surface area contributed by atoms with Crippen molar-refractivity contribution in [2.75, 3.05) is 13.2 Å². The Hall–Kier alpha value is -2.60. The molecule has 23 heavy (non-hydrogen) atoms. The van der Waals surface area contributed by atoms with E-state index in [1.54, 1.807) is 12.1 Å². The molecule has 2 rings (SSSR count). The van der Waals surface area contributed by atoms with Crippen molar-refractivity contribution in [3.05, 3.63) is 69.2 Å². The van der Waals surface area contributed by atoms with E-state index in [9.17, 15) is 14.9 Å². The van der Waals surface area contributed by atoms with Gasteiger partial charge in [0.1, 0.15) is 5.75 Å². The molecule has 7 heteroatoms. The Morgan fingerprint density at radius 2 is 1.78 bits per heavy atom. The average Bonchev–Trinajstić information content (AvgIpc) is 2.55. The molecule has 2 aromatic carbocycles. The number of hydrogen-bond donors (Lipinski definition) is 1. The van der Waals surface area contributed by atoms with Crippen molar-refractivity contribution in [3.63, 3.8) is 0 Å². The Bertz CT molecular complexity index is 671. The molecule has 0 atom stereocenters. The second-order valence-corrected chi connectivity index (χ2v) is 5.20. The zero-order chi connectivity index (χ0) is 16.7. The van der Waals surface area contributed by atoms with Gasteiger partial charge in [-0.1, -0.05) is 23.7 Å². The van der Waals surface area contributed by atoms with Gasteiger partial charge in [0.05, 0.1) is 4.92 Å². The van der Waals surface area contributed by atoms with E-state index in [0.717, 1.165) is 5.56 Å². The molecule has 0 radical (unpaired) electrons. The van der Waals surface area contributed by atoms with E-state index >= 15 is 0 Å². The molecule has 0 bridgehead atoms. The van der Waals surface area contributed by atoms with Crippen molar-refractivity contribution in [2.24, 2.45) is 0 Å². The normalized spacial score (nSPS) is 10.1. The molecule has 0 aliphatic rings. The number of ether oxygens (including phenoxy) is 1. The molecule has 6 nitrogen and oxygen atoms in total. The van der Waals surface area contributed by atoms with Crippen LogP contribution in [0.1, 0.15) is 5.56 Å². The zero-order valence-corrected chi connectivity index (χ0v) is 13.0. The standard InChI is InChI=1S/C16H15ClN2O4/c17-13-3-1-12(2-4-13)9-10-18-16(20)11-23-15-7-5-14(6-8-15)19(21)22/h1-8H,9-11H2,(H,18,20). The average molecular weight is 335 g/mol. The number of carbonyl (C=O) groups excluding carboxylic acids is 1. The van der Waals surface area contributed by atoms with Crippen LogP contribution in [0, 0.1) is 10.1 Å². The first-order chi connectivity index (χ1) is 11.0. The molecule has 0 fully saturated rings. The summed E-state index contributed by atoms with van der Waals surface area (Å²) < 4.78 is 5.27. The Morgan fingerprint density at radius 1 is 1.13 bits per heavy atom. The summed E-state index contributed by atoms with van der Waals surface area (Å²) >= 11 is 5.80. The highest BCUT2D eigenvalue weighted by Gasteiger charge is 2.06. The molecule has 1 N–H and O–H groups in total.